The van der Waals surface area contributed by atoms with Crippen molar-refractivity contribution in [1.29, 1.82) is 0 Å². The molecule has 0 aliphatic carbocycles. The largest absolute Gasteiger partial charge is 0.478 e. The number of amides is 1. The van der Waals surface area contributed by atoms with Crippen LogP contribution in [-0.4, -0.2) is 22.0 Å². The van der Waals surface area contributed by atoms with Crippen LogP contribution in [0.15, 0.2) is 41.8 Å². The van der Waals surface area contributed by atoms with Gasteiger partial charge in [-0.25, -0.2) is 9.78 Å². The van der Waals surface area contributed by atoms with Crippen LogP contribution in [0.25, 0.3) is 10.4 Å². The first-order valence-electron chi connectivity index (χ1n) is 7.11. The molecule has 2 heterocycles. The van der Waals surface area contributed by atoms with Crippen molar-refractivity contribution in [3.05, 3.63) is 68.2 Å². The number of hydrogen-bond acceptors (Lipinski definition) is 4. The highest BCUT2D eigenvalue weighted by molar-refractivity contribution is 7.14. The number of carbonyl (C=O) groups is 2. The molecule has 2 N–H and O–H groups in total. The topological polar surface area (TPSA) is 79.3 Å². The minimum atomic E-state index is -1.16. The third-order valence-electron chi connectivity index (χ3n) is 3.42. The van der Waals surface area contributed by atoms with Gasteiger partial charge in [-0.15, -0.1) is 11.3 Å². The van der Waals surface area contributed by atoms with E-state index in [1.54, 1.807) is 29.6 Å². The second kappa shape index (κ2) is 7.63. The fourth-order valence-corrected chi connectivity index (χ4v) is 3.80. The van der Waals surface area contributed by atoms with Crippen molar-refractivity contribution in [3.8, 4) is 10.4 Å². The van der Waals surface area contributed by atoms with E-state index >= 15 is 0 Å². The van der Waals surface area contributed by atoms with Crippen LogP contribution in [-0.2, 0) is 0 Å². The quantitative estimate of drug-likeness (QED) is 0.522. The first-order chi connectivity index (χ1) is 12.4. The van der Waals surface area contributed by atoms with Crippen LogP contribution in [0.1, 0.15) is 20.7 Å². The molecule has 1 amide bonds. The molecule has 0 saturated heterocycles. The molecule has 26 heavy (non-hydrogen) atoms. The van der Waals surface area contributed by atoms with Crippen molar-refractivity contribution in [2.75, 3.05) is 5.32 Å². The Morgan fingerprint density at radius 3 is 2.35 bits per heavy atom. The summed E-state index contributed by atoms with van der Waals surface area (Å²) in [4.78, 5) is 28.5. The first kappa shape index (κ1) is 18.7. The van der Waals surface area contributed by atoms with Gasteiger partial charge >= 0.3 is 5.97 Å². The number of rotatable bonds is 4. The number of carboxylic acids is 1. The van der Waals surface area contributed by atoms with E-state index in [0.717, 1.165) is 0 Å². The number of carbonyl (C=O) groups excluding carboxylic acids is 1. The van der Waals surface area contributed by atoms with Crippen molar-refractivity contribution < 1.29 is 14.7 Å². The van der Waals surface area contributed by atoms with Crippen molar-refractivity contribution in [2.24, 2.45) is 0 Å². The number of anilines is 1. The molecular formula is C17H9Cl3N2O3S. The lowest BCUT2D eigenvalue weighted by atomic mass is 10.1. The van der Waals surface area contributed by atoms with E-state index in [-0.39, 0.29) is 27.1 Å². The molecule has 0 aliphatic rings. The standard InChI is InChI=1S/C17H9Cl3N2O3S/c18-9-3-1-8(2-4-9)14-13(17(24)25)11(7-26-14)21-16(23)10-5-6-12(19)22-15(10)20/h1-7H,(H,21,23)(H,24,25). The summed E-state index contributed by atoms with van der Waals surface area (Å²) in [5.74, 6) is -1.74. The Bertz CT molecular complexity index is 1000. The molecule has 0 saturated carbocycles. The molecule has 2 aromatic heterocycles. The molecule has 0 aliphatic heterocycles. The third kappa shape index (κ3) is 3.83. The Labute approximate surface area is 167 Å². The summed E-state index contributed by atoms with van der Waals surface area (Å²) < 4.78 is 0. The second-order valence-electron chi connectivity index (χ2n) is 5.09. The monoisotopic (exact) mass is 426 g/mol. The van der Waals surface area contributed by atoms with Gasteiger partial charge in [-0.1, -0.05) is 46.9 Å². The van der Waals surface area contributed by atoms with E-state index in [9.17, 15) is 14.7 Å². The number of nitrogens with zero attached hydrogens (tertiary/aromatic N) is 1. The number of pyridine rings is 1. The van der Waals surface area contributed by atoms with Crippen molar-refractivity contribution >= 4 is 63.7 Å². The molecule has 3 rings (SSSR count). The normalized spacial score (nSPS) is 10.6. The summed E-state index contributed by atoms with van der Waals surface area (Å²) in [6.45, 7) is 0. The molecular weight excluding hydrogens is 419 g/mol. The molecule has 0 spiro atoms. The number of aromatic carboxylic acids is 1. The maximum Gasteiger partial charge on any atom is 0.339 e. The van der Waals surface area contributed by atoms with Gasteiger partial charge in [0, 0.05) is 10.4 Å². The smallest absolute Gasteiger partial charge is 0.339 e. The molecule has 1 aromatic carbocycles. The van der Waals surface area contributed by atoms with Gasteiger partial charge in [-0.2, -0.15) is 0 Å². The molecule has 9 heteroatoms. The SMILES string of the molecule is O=C(Nc1csc(-c2ccc(Cl)cc2)c1C(=O)O)c1ccc(Cl)nc1Cl. The van der Waals surface area contributed by atoms with Crippen molar-refractivity contribution in [1.82, 2.24) is 4.98 Å². The number of hydrogen-bond donors (Lipinski definition) is 2. The molecule has 0 radical (unpaired) electrons. The average Bonchev–Trinajstić information content (AvgIpc) is 2.99. The fraction of sp³-hybridized carbons (Fsp3) is 0. The second-order valence-corrected chi connectivity index (χ2v) is 7.15. The summed E-state index contributed by atoms with van der Waals surface area (Å²) in [6, 6.07) is 9.60. The van der Waals surface area contributed by atoms with E-state index < -0.39 is 11.9 Å². The summed E-state index contributed by atoms with van der Waals surface area (Å²) in [7, 11) is 0. The van der Waals surface area contributed by atoms with Crippen molar-refractivity contribution in [2.45, 2.75) is 0 Å². The zero-order chi connectivity index (χ0) is 18.8. The van der Waals surface area contributed by atoms with E-state index in [2.05, 4.69) is 10.3 Å². The van der Waals surface area contributed by atoms with Crippen LogP contribution in [0.3, 0.4) is 0 Å². The van der Waals surface area contributed by atoms with Crippen LogP contribution in [0.5, 0.6) is 0 Å². The molecule has 5 nitrogen and oxygen atoms in total. The maximum absolute atomic E-state index is 12.4. The number of halogens is 3. The summed E-state index contributed by atoms with van der Waals surface area (Å²) in [5.41, 5.74) is 0.933. The Kier molecular flexibility index (Phi) is 5.48. The van der Waals surface area contributed by atoms with E-state index in [4.69, 9.17) is 34.8 Å². The van der Waals surface area contributed by atoms with Crippen molar-refractivity contribution in [3.63, 3.8) is 0 Å². The minimum Gasteiger partial charge on any atom is -0.478 e. The first-order valence-corrected chi connectivity index (χ1v) is 9.12. The Balaban J connectivity index is 1.97. The lowest BCUT2D eigenvalue weighted by Gasteiger charge is -2.07. The highest BCUT2D eigenvalue weighted by atomic mass is 35.5. The molecule has 132 valence electrons. The van der Waals surface area contributed by atoms with Crippen LogP contribution in [0.4, 0.5) is 5.69 Å². The highest BCUT2D eigenvalue weighted by Crippen LogP contribution is 2.37. The molecule has 0 fully saturated rings. The molecule has 0 unspecified atom stereocenters. The van der Waals surface area contributed by atoms with E-state index in [1.807, 2.05) is 0 Å². The number of benzene rings is 1. The van der Waals surface area contributed by atoms with Gasteiger partial charge in [-0.05, 0) is 29.8 Å². The molecule has 0 bridgehead atoms. The van der Waals surface area contributed by atoms with Gasteiger partial charge in [0.15, 0.2) is 0 Å². The van der Waals surface area contributed by atoms with E-state index in [1.165, 1.54) is 23.5 Å². The van der Waals surface area contributed by atoms with Crippen LogP contribution in [0.2, 0.25) is 15.3 Å². The van der Waals surface area contributed by atoms with Crippen LogP contribution < -0.4 is 5.32 Å². The molecule has 0 atom stereocenters. The summed E-state index contributed by atoms with van der Waals surface area (Å²) in [6.07, 6.45) is 0. The number of nitrogens with one attached hydrogen (secondary N) is 1. The predicted molar refractivity (Wildman–Crippen MR) is 104 cm³/mol. The fourth-order valence-electron chi connectivity index (χ4n) is 2.25. The number of carboxylic acid groups (broad SMARTS) is 1. The molecule has 3 aromatic rings. The van der Waals surface area contributed by atoms with Gasteiger partial charge in [0.25, 0.3) is 5.91 Å². The maximum atomic E-state index is 12.4. The van der Waals surface area contributed by atoms with Gasteiger partial charge in [0.1, 0.15) is 15.9 Å². The lowest BCUT2D eigenvalue weighted by Crippen LogP contribution is -2.15. The van der Waals surface area contributed by atoms with Gasteiger partial charge in [-0.3, -0.25) is 4.79 Å². The van der Waals surface area contributed by atoms with Gasteiger partial charge in [0.05, 0.1) is 16.1 Å². The highest BCUT2D eigenvalue weighted by Gasteiger charge is 2.22. The van der Waals surface area contributed by atoms with Gasteiger partial charge < -0.3 is 10.4 Å². The Hall–Kier alpha value is -2.12. The third-order valence-corrected chi connectivity index (χ3v) is 5.20. The summed E-state index contributed by atoms with van der Waals surface area (Å²) >= 11 is 18.7. The van der Waals surface area contributed by atoms with Crippen LogP contribution in [0, 0.1) is 0 Å². The Morgan fingerprint density at radius 2 is 1.73 bits per heavy atom. The lowest BCUT2D eigenvalue weighted by molar-refractivity contribution is 0.0699. The number of thiophene rings is 1. The zero-order valence-electron chi connectivity index (χ0n) is 12.8. The minimum absolute atomic E-state index is 0.0104. The zero-order valence-corrected chi connectivity index (χ0v) is 15.9. The Morgan fingerprint density at radius 1 is 1.04 bits per heavy atom. The average molecular weight is 428 g/mol. The summed E-state index contributed by atoms with van der Waals surface area (Å²) in [5, 5.41) is 14.3. The van der Waals surface area contributed by atoms with Crippen LogP contribution >= 0.6 is 46.1 Å². The van der Waals surface area contributed by atoms with E-state index in [0.29, 0.717) is 15.5 Å². The predicted octanol–water partition coefficient (Wildman–Crippen LogP) is 5.72. The van der Waals surface area contributed by atoms with Gasteiger partial charge in [0.2, 0.25) is 0 Å². The number of aromatic nitrogens is 1.